The summed E-state index contributed by atoms with van der Waals surface area (Å²) in [5, 5.41) is 8.47. The van der Waals surface area contributed by atoms with Crippen molar-refractivity contribution >= 4 is 0 Å². The molecule has 1 saturated carbocycles. The molecular weight excluding hydrogens is 200 g/mol. The van der Waals surface area contributed by atoms with E-state index in [1.165, 1.54) is 12.8 Å². The van der Waals surface area contributed by atoms with Gasteiger partial charge in [0.1, 0.15) is 5.82 Å². The van der Waals surface area contributed by atoms with Gasteiger partial charge in [-0.1, -0.05) is 19.8 Å². The molecule has 0 spiro atoms. The lowest BCUT2D eigenvalue weighted by Gasteiger charge is -2.36. The predicted octanol–water partition coefficient (Wildman–Crippen LogP) is 1.97. The fraction of sp³-hybridized carbons (Fsp3) is 0.833. The molecular formula is C12H22N4. The zero-order valence-electron chi connectivity index (χ0n) is 10.5. The van der Waals surface area contributed by atoms with Crippen molar-refractivity contribution in [2.24, 2.45) is 11.7 Å². The number of nitrogens with zero attached hydrogens (tertiary/aromatic N) is 3. The maximum Gasteiger partial charge on any atom is 0.153 e. The summed E-state index contributed by atoms with van der Waals surface area (Å²) in [5.41, 5.74) is 6.28. The second kappa shape index (κ2) is 4.17. The van der Waals surface area contributed by atoms with Crippen molar-refractivity contribution in [1.29, 1.82) is 0 Å². The number of hydrogen-bond acceptors (Lipinski definition) is 3. The van der Waals surface area contributed by atoms with Crippen molar-refractivity contribution in [3.63, 3.8) is 0 Å². The average Bonchev–Trinajstić information content (AvgIpc) is 2.59. The molecule has 1 aliphatic carbocycles. The van der Waals surface area contributed by atoms with E-state index in [-0.39, 0.29) is 5.54 Å². The topological polar surface area (TPSA) is 56.7 Å². The Kier molecular flexibility index (Phi) is 3.02. The zero-order valence-corrected chi connectivity index (χ0v) is 10.5. The molecule has 1 aromatic heterocycles. The summed E-state index contributed by atoms with van der Waals surface area (Å²) in [5.74, 6) is 2.65. The number of nitrogens with two attached hydrogens (primary N) is 1. The molecule has 16 heavy (non-hydrogen) atoms. The molecule has 0 amide bonds. The molecule has 1 fully saturated rings. The third kappa shape index (κ3) is 1.86. The van der Waals surface area contributed by atoms with Crippen molar-refractivity contribution in [2.75, 3.05) is 0 Å². The molecule has 2 unspecified atom stereocenters. The van der Waals surface area contributed by atoms with Crippen LogP contribution in [-0.4, -0.2) is 14.8 Å². The van der Waals surface area contributed by atoms with E-state index >= 15 is 0 Å². The lowest BCUT2D eigenvalue weighted by molar-refractivity contribution is 0.221. The molecule has 4 heteroatoms. The van der Waals surface area contributed by atoms with E-state index in [0.717, 1.165) is 31.0 Å². The van der Waals surface area contributed by atoms with Crippen LogP contribution in [0.2, 0.25) is 0 Å². The second-order valence-electron chi connectivity index (χ2n) is 5.17. The highest BCUT2D eigenvalue weighted by molar-refractivity contribution is 5.09. The first-order valence-corrected chi connectivity index (χ1v) is 6.26. The smallest absolute Gasteiger partial charge is 0.153 e. The Morgan fingerprint density at radius 2 is 2.25 bits per heavy atom. The van der Waals surface area contributed by atoms with E-state index in [2.05, 4.69) is 28.6 Å². The fourth-order valence-electron chi connectivity index (χ4n) is 2.92. The Morgan fingerprint density at radius 1 is 1.50 bits per heavy atom. The van der Waals surface area contributed by atoms with E-state index in [0.29, 0.717) is 5.92 Å². The molecule has 2 rings (SSSR count). The van der Waals surface area contributed by atoms with Crippen LogP contribution < -0.4 is 5.73 Å². The van der Waals surface area contributed by atoms with Crippen molar-refractivity contribution in [3.05, 3.63) is 11.6 Å². The lowest BCUT2D eigenvalue weighted by Crippen LogP contribution is -2.43. The number of hydrogen-bond donors (Lipinski definition) is 1. The van der Waals surface area contributed by atoms with Gasteiger partial charge in [-0.05, 0) is 32.6 Å². The standard InChI is InChI=1S/C12H22N4/c1-4-16-10(3)14-15-11(16)12(13)7-5-6-9(2)8-12/h9H,4-8,13H2,1-3H3. The maximum absolute atomic E-state index is 6.54. The third-order valence-corrected chi connectivity index (χ3v) is 3.73. The van der Waals surface area contributed by atoms with E-state index < -0.39 is 0 Å². The van der Waals surface area contributed by atoms with Gasteiger partial charge in [0.05, 0.1) is 5.54 Å². The summed E-state index contributed by atoms with van der Waals surface area (Å²) in [6.45, 7) is 7.30. The molecule has 2 atom stereocenters. The summed E-state index contributed by atoms with van der Waals surface area (Å²) >= 11 is 0. The first kappa shape index (κ1) is 11.6. The van der Waals surface area contributed by atoms with E-state index in [9.17, 15) is 0 Å². The molecule has 0 aliphatic heterocycles. The van der Waals surface area contributed by atoms with Crippen LogP contribution >= 0.6 is 0 Å². The summed E-state index contributed by atoms with van der Waals surface area (Å²) in [7, 11) is 0. The Morgan fingerprint density at radius 3 is 2.88 bits per heavy atom. The molecule has 1 aliphatic rings. The number of aromatic nitrogens is 3. The van der Waals surface area contributed by atoms with Crippen LogP contribution in [0.1, 0.15) is 51.2 Å². The predicted molar refractivity (Wildman–Crippen MR) is 63.9 cm³/mol. The summed E-state index contributed by atoms with van der Waals surface area (Å²) in [6.07, 6.45) is 4.56. The van der Waals surface area contributed by atoms with Gasteiger partial charge in [0.2, 0.25) is 0 Å². The van der Waals surface area contributed by atoms with E-state index in [1.54, 1.807) is 0 Å². The van der Waals surface area contributed by atoms with Gasteiger partial charge in [-0.15, -0.1) is 10.2 Å². The van der Waals surface area contributed by atoms with Crippen molar-refractivity contribution in [1.82, 2.24) is 14.8 Å². The highest BCUT2D eigenvalue weighted by Crippen LogP contribution is 2.37. The highest BCUT2D eigenvalue weighted by atomic mass is 15.3. The number of rotatable bonds is 2. The van der Waals surface area contributed by atoms with Gasteiger partial charge >= 0.3 is 0 Å². The van der Waals surface area contributed by atoms with Gasteiger partial charge in [-0.2, -0.15) is 0 Å². The molecule has 0 bridgehead atoms. The summed E-state index contributed by atoms with van der Waals surface area (Å²) < 4.78 is 2.15. The fourth-order valence-corrected chi connectivity index (χ4v) is 2.92. The number of aryl methyl sites for hydroxylation is 1. The lowest BCUT2D eigenvalue weighted by atomic mass is 9.76. The van der Waals surface area contributed by atoms with Crippen LogP contribution in [0, 0.1) is 12.8 Å². The molecule has 1 heterocycles. The van der Waals surface area contributed by atoms with Crippen LogP contribution in [0.3, 0.4) is 0 Å². The van der Waals surface area contributed by atoms with Gasteiger partial charge in [0, 0.05) is 6.54 Å². The Labute approximate surface area is 97.2 Å². The normalized spacial score (nSPS) is 30.6. The van der Waals surface area contributed by atoms with Gasteiger partial charge in [-0.3, -0.25) is 0 Å². The average molecular weight is 222 g/mol. The highest BCUT2D eigenvalue weighted by Gasteiger charge is 2.37. The molecule has 0 aromatic carbocycles. The van der Waals surface area contributed by atoms with Crippen LogP contribution in [0.4, 0.5) is 0 Å². The monoisotopic (exact) mass is 222 g/mol. The van der Waals surface area contributed by atoms with Crippen LogP contribution in [-0.2, 0) is 12.1 Å². The zero-order chi connectivity index (χ0) is 11.8. The van der Waals surface area contributed by atoms with Crippen LogP contribution in [0.5, 0.6) is 0 Å². The van der Waals surface area contributed by atoms with Gasteiger partial charge < -0.3 is 10.3 Å². The molecule has 2 N–H and O–H groups in total. The van der Waals surface area contributed by atoms with Crippen LogP contribution in [0.25, 0.3) is 0 Å². The SMILES string of the molecule is CCn1c(C)nnc1C1(N)CCCC(C)C1. The van der Waals surface area contributed by atoms with E-state index in [1.807, 2.05) is 6.92 Å². The van der Waals surface area contributed by atoms with Crippen LogP contribution in [0.15, 0.2) is 0 Å². The first-order chi connectivity index (χ1) is 7.57. The second-order valence-corrected chi connectivity index (χ2v) is 5.17. The molecule has 0 radical (unpaired) electrons. The van der Waals surface area contributed by atoms with Crippen molar-refractivity contribution in [3.8, 4) is 0 Å². The first-order valence-electron chi connectivity index (χ1n) is 6.26. The summed E-state index contributed by atoms with van der Waals surface area (Å²) in [6, 6.07) is 0. The minimum Gasteiger partial charge on any atom is -0.319 e. The Balaban J connectivity index is 2.34. The van der Waals surface area contributed by atoms with Crippen molar-refractivity contribution < 1.29 is 0 Å². The Bertz CT molecular complexity index is 371. The molecule has 90 valence electrons. The maximum atomic E-state index is 6.54. The largest absolute Gasteiger partial charge is 0.319 e. The third-order valence-electron chi connectivity index (χ3n) is 3.73. The Hall–Kier alpha value is -0.900. The van der Waals surface area contributed by atoms with Crippen molar-refractivity contribution in [2.45, 2.75) is 58.5 Å². The molecule has 4 nitrogen and oxygen atoms in total. The minimum absolute atomic E-state index is 0.255. The minimum atomic E-state index is -0.255. The van der Waals surface area contributed by atoms with Gasteiger partial charge in [0.25, 0.3) is 0 Å². The van der Waals surface area contributed by atoms with Gasteiger partial charge in [-0.25, -0.2) is 0 Å². The van der Waals surface area contributed by atoms with E-state index in [4.69, 9.17) is 5.73 Å². The quantitative estimate of drug-likeness (QED) is 0.832. The summed E-state index contributed by atoms with van der Waals surface area (Å²) in [4.78, 5) is 0. The molecule has 0 saturated heterocycles. The molecule has 1 aromatic rings. The van der Waals surface area contributed by atoms with Gasteiger partial charge in [0.15, 0.2) is 5.82 Å².